The van der Waals surface area contributed by atoms with Crippen LogP contribution in [0.1, 0.15) is 45.4 Å². The number of fused-ring (bicyclic) bond motifs is 1. The number of halogens is 1. The highest BCUT2D eigenvalue weighted by Crippen LogP contribution is 2.36. The summed E-state index contributed by atoms with van der Waals surface area (Å²) in [5.74, 6) is -0.143. The number of hydrogen-bond donors (Lipinski definition) is 3. The fraction of sp³-hybridized carbons (Fsp3) is 0.300. The van der Waals surface area contributed by atoms with Gasteiger partial charge in [-0.15, -0.1) is 0 Å². The van der Waals surface area contributed by atoms with Gasteiger partial charge in [0.2, 0.25) is 0 Å². The van der Waals surface area contributed by atoms with E-state index < -0.39 is 11.7 Å². The number of esters is 1. The summed E-state index contributed by atoms with van der Waals surface area (Å²) in [6.07, 6.45) is 0.231. The Morgan fingerprint density at radius 2 is 1.72 bits per heavy atom. The molecule has 3 aromatic carbocycles. The van der Waals surface area contributed by atoms with Gasteiger partial charge < -0.3 is 19.9 Å². The van der Waals surface area contributed by atoms with Gasteiger partial charge in [-0.05, 0) is 62.6 Å². The summed E-state index contributed by atoms with van der Waals surface area (Å²) in [6.45, 7) is 7.77. The van der Waals surface area contributed by atoms with Crippen LogP contribution in [0.5, 0.6) is 5.75 Å². The summed E-state index contributed by atoms with van der Waals surface area (Å²) in [5.41, 5.74) is 4.98. The second-order valence-electron chi connectivity index (χ2n) is 10.1. The average molecular weight is 550 g/mol. The molecule has 0 atom stereocenters. The molecule has 0 unspecified atom stereocenters. The first-order valence-electron chi connectivity index (χ1n) is 12.8. The third-order valence-electron chi connectivity index (χ3n) is 6.01. The van der Waals surface area contributed by atoms with Crippen molar-refractivity contribution in [3.63, 3.8) is 0 Å². The first-order valence-corrected chi connectivity index (χ1v) is 13.1. The van der Waals surface area contributed by atoms with Gasteiger partial charge in [-0.1, -0.05) is 48.0 Å². The number of carbonyl (C=O) groups is 2. The molecule has 8 nitrogen and oxygen atoms in total. The Balaban J connectivity index is 1.50. The molecule has 1 aromatic heterocycles. The minimum absolute atomic E-state index is 0.107. The Morgan fingerprint density at radius 1 is 1.03 bits per heavy atom. The number of benzene rings is 3. The number of H-pyrrole nitrogens is 1. The molecular weight excluding hydrogens is 518 g/mol. The Bertz CT molecular complexity index is 1490. The fourth-order valence-electron chi connectivity index (χ4n) is 4.21. The SMILES string of the molecule is CCOC(=O)CCc1[nH]nc2cc(Cl)c(-c3ccc(-c4ccc(CNC(=O)OC(C)(C)C)cc4O)cc3)cc12. The largest absolute Gasteiger partial charge is 0.507 e. The normalized spacial score (nSPS) is 11.4. The number of aryl methyl sites for hydroxylation is 1. The molecule has 3 N–H and O–H groups in total. The molecule has 0 aliphatic rings. The highest BCUT2D eigenvalue weighted by molar-refractivity contribution is 6.34. The molecule has 0 aliphatic heterocycles. The van der Waals surface area contributed by atoms with Crippen molar-refractivity contribution in [3.8, 4) is 28.0 Å². The lowest BCUT2D eigenvalue weighted by molar-refractivity contribution is -0.143. The molecule has 0 spiro atoms. The highest BCUT2D eigenvalue weighted by atomic mass is 35.5. The molecule has 0 bridgehead atoms. The molecule has 0 radical (unpaired) electrons. The fourth-order valence-corrected chi connectivity index (χ4v) is 4.47. The summed E-state index contributed by atoms with van der Waals surface area (Å²) >= 11 is 6.60. The summed E-state index contributed by atoms with van der Waals surface area (Å²) in [7, 11) is 0. The van der Waals surface area contributed by atoms with Gasteiger partial charge >= 0.3 is 12.1 Å². The van der Waals surface area contributed by atoms with E-state index >= 15 is 0 Å². The van der Waals surface area contributed by atoms with Gasteiger partial charge in [0.25, 0.3) is 0 Å². The van der Waals surface area contributed by atoms with E-state index in [0.717, 1.165) is 38.9 Å². The van der Waals surface area contributed by atoms with Crippen LogP contribution in [0.2, 0.25) is 5.02 Å². The molecule has 4 rings (SSSR count). The van der Waals surface area contributed by atoms with E-state index in [0.29, 0.717) is 23.6 Å². The third-order valence-corrected chi connectivity index (χ3v) is 6.32. The van der Waals surface area contributed by atoms with Crippen LogP contribution in [0.3, 0.4) is 0 Å². The van der Waals surface area contributed by atoms with Crippen LogP contribution >= 0.6 is 11.6 Å². The van der Waals surface area contributed by atoms with Crippen molar-refractivity contribution in [1.82, 2.24) is 15.5 Å². The monoisotopic (exact) mass is 549 g/mol. The highest BCUT2D eigenvalue weighted by Gasteiger charge is 2.16. The van der Waals surface area contributed by atoms with Crippen molar-refractivity contribution in [2.45, 2.75) is 52.7 Å². The molecule has 1 heterocycles. The minimum atomic E-state index is -0.580. The Labute approximate surface area is 232 Å². The zero-order valence-electron chi connectivity index (χ0n) is 22.4. The molecule has 1 amide bonds. The Kier molecular flexibility index (Phi) is 8.45. The van der Waals surface area contributed by atoms with E-state index in [4.69, 9.17) is 21.1 Å². The van der Waals surface area contributed by atoms with Gasteiger partial charge in [-0.2, -0.15) is 5.10 Å². The number of carbonyl (C=O) groups excluding carboxylic acids is 2. The van der Waals surface area contributed by atoms with E-state index in [9.17, 15) is 14.7 Å². The predicted octanol–water partition coefficient (Wildman–Crippen LogP) is 6.78. The van der Waals surface area contributed by atoms with Crippen molar-refractivity contribution in [2.75, 3.05) is 6.61 Å². The number of aromatic amines is 1. The van der Waals surface area contributed by atoms with Gasteiger partial charge in [0.05, 0.1) is 23.6 Å². The Morgan fingerprint density at radius 3 is 2.36 bits per heavy atom. The zero-order chi connectivity index (χ0) is 28.2. The number of nitrogens with zero attached hydrogens (tertiary/aromatic N) is 1. The quantitative estimate of drug-likeness (QED) is 0.209. The number of nitrogens with one attached hydrogen (secondary N) is 2. The van der Waals surface area contributed by atoms with E-state index in [-0.39, 0.29) is 24.7 Å². The molecule has 0 fully saturated rings. The van der Waals surface area contributed by atoms with Crippen molar-refractivity contribution in [1.29, 1.82) is 0 Å². The maximum atomic E-state index is 11.9. The second kappa shape index (κ2) is 11.8. The van der Waals surface area contributed by atoms with Crippen LogP contribution in [-0.4, -0.2) is 39.6 Å². The smallest absolute Gasteiger partial charge is 0.407 e. The second-order valence-corrected chi connectivity index (χ2v) is 10.5. The number of phenols is 1. The van der Waals surface area contributed by atoms with Gasteiger partial charge in [-0.3, -0.25) is 9.89 Å². The van der Waals surface area contributed by atoms with Crippen molar-refractivity contribution < 1.29 is 24.2 Å². The van der Waals surface area contributed by atoms with E-state index in [1.807, 2.05) is 42.5 Å². The number of phenolic OH excluding ortho intramolecular Hbond substituents is 1. The summed E-state index contributed by atoms with van der Waals surface area (Å²) in [6, 6.07) is 16.8. The number of amides is 1. The van der Waals surface area contributed by atoms with Gasteiger partial charge in [-0.25, -0.2) is 4.79 Å². The lowest BCUT2D eigenvalue weighted by Crippen LogP contribution is -2.32. The van der Waals surface area contributed by atoms with E-state index in [1.165, 1.54) is 0 Å². The van der Waals surface area contributed by atoms with E-state index in [1.54, 1.807) is 39.8 Å². The number of aromatic nitrogens is 2. The minimum Gasteiger partial charge on any atom is -0.507 e. The van der Waals surface area contributed by atoms with E-state index in [2.05, 4.69) is 15.5 Å². The van der Waals surface area contributed by atoms with Gasteiger partial charge in [0.15, 0.2) is 0 Å². The van der Waals surface area contributed by atoms with Crippen LogP contribution < -0.4 is 5.32 Å². The third kappa shape index (κ3) is 7.09. The number of alkyl carbamates (subject to hydrolysis) is 1. The standard InChI is InChI=1S/C30H32ClN3O5/c1-5-38-28(36)13-12-25-23-15-22(24(31)16-26(23)34-33-25)20-9-7-19(8-10-20)21-11-6-18(14-27(21)35)17-32-29(37)39-30(2,3)4/h6-11,14-16,35H,5,12-13,17H2,1-4H3,(H,32,37)(H,33,34). The first-order chi connectivity index (χ1) is 18.5. The van der Waals surface area contributed by atoms with Crippen molar-refractivity contribution in [3.05, 3.63) is 70.9 Å². The lowest BCUT2D eigenvalue weighted by atomic mass is 9.97. The topological polar surface area (TPSA) is 114 Å². The maximum absolute atomic E-state index is 11.9. The molecule has 4 aromatic rings. The summed E-state index contributed by atoms with van der Waals surface area (Å²) in [4.78, 5) is 23.7. The molecule has 0 saturated heterocycles. The molecule has 204 valence electrons. The first kappa shape index (κ1) is 28.0. The molecule has 0 aliphatic carbocycles. The lowest BCUT2D eigenvalue weighted by Gasteiger charge is -2.19. The maximum Gasteiger partial charge on any atom is 0.407 e. The number of hydrogen-bond acceptors (Lipinski definition) is 6. The average Bonchev–Trinajstić information content (AvgIpc) is 3.26. The van der Waals surface area contributed by atoms with Crippen molar-refractivity contribution >= 4 is 34.6 Å². The number of ether oxygens (including phenoxy) is 2. The zero-order valence-corrected chi connectivity index (χ0v) is 23.2. The van der Waals surface area contributed by atoms with Crippen LogP contribution in [0, 0.1) is 0 Å². The van der Waals surface area contributed by atoms with Gasteiger partial charge in [0, 0.05) is 35.2 Å². The predicted molar refractivity (Wildman–Crippen MR) is 152 cm³/mol. The molecule has 39 heavy (non-hydrogen) atoms. The van der Waals surface area contributed by atoms with Crippen LogP contribution in [0.4, 0.5) is 4.79 Å². The van der Waals surface area contributed by atoms with Crippen molar-refractivity contribution in [2.24, 2.45) is 0 Å². The van der Waals surface area contributed by atoms with Crippen LogP contribution in [-0.2, 0) is 27.2 Å². The van der Waals surface area contributed by atoms with Crippen LogP contribution in [0.15, 0.2) is 54.6 Å². The molecule has 9 heteroatoms. The summed E-state index contributed by atoms with van der Waals surface area (Å²) in [5, 5.41) is 22.2. The molecule has 0 saturated carbocycles. The van der Waals surface area contributed by atoms with Gasteiger partial charge in [0.1, 0.15) is 11.4 Å². The number of aromatic hydroxyl groups is 1. The van der Waals surface area contributed by atoms with Crippen LogP contribution in [0.25, 0.3) is 33.2 Å². The molecular formula is C30H32ClN3O5. The Hall–Kier alpha value is -4.04. The summed E-state index contributed by atoms with van der Waals surface area (Å²) < 4.78 is 10.3. The number of rotatable bonds is 8.